The molecule has 0 aromatic heterocycles. The number of carbonyl (C=O) groups excluding carboxylic acids is 2. The molecule has 3 rings (SSSR count). The van der Waals surface area contributed by atoms with Crippen molar-refractivity contribution in [3.05, 3.63) is 0 Å². The monoisotopic (exact) mass is 1140 g/mol. The summed E-state index contributed by atoms with van der Waals surface area (Å²) in [7, 11) is -2.68. The van der Waals surface area contributed by atoms with E-state index in [2.05, 4.69) is 50.2 Å². The molecule has 2 unspecified atom stereocenters. The lowest BCUT2D eigenvalue weighted by Crippen LogP contribution is -2.62. The number of ether oxygens (including phenoxy) is 6. The number of hydrogen-bond acceptors (Lipinski definition) is 14. The summed E-state index contributed by atoms with van der Waals surface area (Å²) in [6.07, 6.45) is 20.9. The van der Waals surface area contributed by atoms with E-state index in [1.54, 1.807) is 0 Å². The fourth-order valence-electron chi connectivity index (χ4n) is 14.0. The average Bonchev–Trinajstić information content (AvgIpc) is 3.46. The Balaban J connectivity index is 1.49. The highest BCUT2D eigenvalue weighted by molar-refractivity contribution is 6.60. The molecule has 0 saturated heterocycles. The van der Waals surface area contributed by atoms with Crippen molar-refractivity contribution in [2.45, 2.75) is 202 Å². The topological polar surface area (TPSA) is 223 Å². The van der Waals surface area contributed by atoms with E-state index in [0.29, 0.717) is 153 Å². The van der Waals surface area contributed by atoms with Crippen molar-refractivity contribution in [2.24, 2.45) is 63.5 Å². The fraction of sp³-hybridized carbons (Fsp3) is 0.967. The molecule has 0 heterocycles. The van der Waals surface area contributed by atoms with Crippen LogP contribution >= 0.6 is 0 Å². The first-order chi connectivity index (χ1) is 38.4. The number of rotatable bonds is 50. The molecule has 3 fully saturated rings. The lowest BCUT2D eigenvalue weighted by atomic mass is 9.44. The minimum atomic E-state index is -2.68. The van der Waals surface area contributed by atoms with Crippen LogP contribution in [-0.2, 0) is 46.5 Å². The summed E-state index contributed by atoms with van der Waals surface area (Å²) >= 11 is 0. The third kappa shape index (κ3) is 24.5. The van der Waals surface area contributed by atoms with Crippen molar-refractivity contribution in [1.29, 1.82) is 0 Å². The number of hydrogen-bond donors (Lipinski definition) is 5. The van der Waals surface area contributed by atoms with Gasteiger partial charge in [0.15, 0.2) is 0 Å². The Kier molecular flexibility index (Phi) is 38.4. The molecule has 0 radical (unpaired) electrons. The minimum absolute atomic E-state index is 0.00329. The van der Waals surface area contributed by atoms with Gasteiger partial charge in [-0.3, -0.25) is 4.79 Å². The summed E-state index contributed by atoms with van der Waals surface area (Å²) in [5.41, 5.74) is 18.1. The first-order valence-corrected chi connectivity index (χ1v) is 34.2. The van der Waals surface area contributed by atoms with E-state index < -0.39 is 8.80 Å². The smallest absolute Gasteiger partial charge is 0.381 e. The third-order valence-electron chi connectivity index (χ3n) is 18.3. The number of amides is 3. The fourth-order valence-corrected chi connectivity index (χ4v) is 16.7. The second-order valence-electron chi connectivity index (χ2n) is 23.4. The van der Waals surface area contributed by atoms with Crippen molar-refractivity contribution in [2.75, 3.05) is 132 Å². The Labute approximate surface area is 483 Å². The van der Waals surface area contributed by atoms with Gasteiger partial charge in [-0.1, -0.05) is 73.1 Å². The predicted molar refractivity (Wildman–Crippen MR) is 320 cm³/mol. The standard InChI is InChI=1S/C61H122N6O11Si/c1-9-14-15-16-17-19-35-67(59(69)66-34-42-72-44-46-73-45-43-71-41-33-65-57(68)26-18-20-47-79(76-11-3,77-12-4)78-13-5)36-21-25-50(6)52-27-28-53-58-54(49-56(61(52,53)8)75-39-24-32-64)60(7,10-2)51(29-40-70-37-22-30-62)48-55(58)74-38-23-31-63/h50-56,58H,9-49,62-64H2,1-8H3,(H,65,68)(H,66,69)/t50-,51?,52-,53+,54+,55-,56+,58?,60+,61-/m1/s1. The van der Waals surface area contributed by atoms with Gasteiger partial charge in [-0.15, -0.1) is 0 Å². The molecule has 466 valence electrons. The number of nitrogens with zero attached hydrogens (tertiary/aromatic N) is 1. The lowest BCUT2D eigenvalue weighted by Gasteiger charge is -2.63. The summed E-state index contributed by atoms with van der Waals surface area (Å²) < 4.78 is 55.2. The van der Waals surface area contributed by atoms with E-state index in [1.807, 2.05) is 20.8 Å². The molecule has 17 nitrogen and oxygen atoms in total. The van der Waals surface area contributed by atoms with Gasteiger partial charge in [0.1, 0.15) is 0 Å². The highest BCUT2D eigenvalue weighted by Gasteiger charge is 2.66. The molecule has 3 saturated carbocycles. The number of unbranched alkanes of at least 4 members (excludes halogenated alkanes) is 6. The Hall–Kier alpha value is -1.52. The van der Waals surface area contributed by atoms with Crippen molar-refractivity contribution in [3.8, 4) is 0 Å². The maximum Gasteiger partial charge on any atom is 0.500 e. The van der Waals surface area contributed by atoms with E-state index in [1.165, 1.54) is 38.5 Å². The normalized spacial score (nSPS) is 25.3. The molecule has 0 aliphatic heterocycles. The number of carbonyl (C=O) groups is 2. The number of nitrogens with two attached hydrogens (primary N) is 3. The first kappa shape index (κ1) is 71.7. The van der Waals surface area contributed by atoms with Crippen LogP contribution in [0.25, 0.3) is 0 Å². The van der Waals surface area contributed by atoms with Gasteiger partial charge >= 0.3 is 14.8 Å². The zero-order valence-electron chi connectivity index (χ0n) is 51.8. The quantitative estimate of drug-likeness (QED) is 0.0283. The van der Waals surface area contributed by atoms with Crippen LogP contribution in [-0.4, -0.2) is 170 Å². The van der Waals surface area contributed by atoms with E-state index in [-0.39, 0.29) is 35.0 Å². The van der Waals surface area contributed by atoms with Crippen LogP contribution in [0, 0.1) is 46.3 Å². The molecular weight excluding hydrogens is 1020 g/mol. The second kappa shape index (κ2) is 42.3. The summed E-state index contributed by atoms with van der Waals surface area (Å²) in [4.78, 5) is 28.2. The average molecular weight is 1140 g/mol. The van der Waals surface area contributed by atoms with Crippen LogP contribution in [0.15, 0.2) is 0 Å². The van der Waals surface area contributed by atoms with Crippen LogP contribution in [0.2, 0.25) is 6.04 Å². The van der Waals surface area contributed by atoms with Gasteiger partial charge in [0.2, 0.25) is 5.91 Å². The van der Waals surface area contributed by atoms with E-state index in [4.69, 9.17) is 58.9 Å². The van der Waals surface area contributed by atoms with Crippen molar-refractivity contribution < 1.29 is 51.3 Å². The van der Waals surface area contributed by atoms with Gasteiger partial charge in [0.05, 0.1) is 51.8 Å². The zero-order valence-corrected chi connectivity index (χ0v) is 52.8. The molecule has 3 aliphatic rings. The molecule has 0 spiro atoms. The molecule has 0 aromatic rings. The molecule has 0 aromatic carbocycles. The molecular formula is C61H122N6O11Si. The summed E-state index contributed by atoms with van der Waals surface area (Å²) in [6.45, 7) is 29.6. The zero-order chi connectivity index (χ0) is 57.6. The SMILES string of the molecule is CCCCCCCCN(CCC[C@@H](C)[C@H]1CC[C@H]2C3[C@H](OCCCN)CC(CCOCCCN)[C@](C)(CC)[C@H]3C[C@H](OCCCN)[C@]12C)C(=O)NCCOCCOCCOCCNC(=O)CCCC[Si](OCC)(OCC)OCC. The van der Waals surface area contributed by atoms with Crippen molar-refractivity contribution in [1.82, 2.24) is 15.5 Å². The molecule has 8 N–H and O–H groups in total. The van der Waals surface area contributed by atoms with Crippen LogP contribution in [0.3, 0.4) is 0 Å². The Morgan fingerprint density at radius 1 is 0.620 bits per heavy atom. The van der Waals surface area contributed by atoms with E-state index >= 15 is 0 Å². The van der Waals surface area contributed by atoms with Gasteiger partial charge < -0.3 is 74.4 Å². The van der Waals surface area contributed by atoms with E-state index in [0.717, 1.165) is 110 Å². The highest BCUT2D eigenvalue weighted by atomic mass is 28.4. The maximum atomic E-state index is 13.8. The molecule has 3 amide bonds. The summed E-state index contributed by atoms with van der Waals surface area (Å²) in [5.74, 6) is 3.01. The van der Waals surface area contributed by atoms with Crippen molar-refractivity contribution >= 4 is 20.7 Å². The predicted octanol–water partition coefficient (Wildman–Crippen LogP) is 9.49. The minimum Gasteiger partial charge on any atom is -0.381 e. The third-order valence-corrected chi connectivity index (χ3v) is 21.5. The molecule has 3 aliphatic carbocycles. The first-order valence-electron chi connectivity index (χ1n) is 32.2. The number of urea groups is 1. The second-order valence-corrected chi connectivity index (χ2v) is 26.2. The Morgan fingerprint density at radius 2 is 1.20 bits per heavy atom. The van der Waals surface area contributed by atoms with Gasteiger partial charge in [-0.05, 0) is 165 Å². The number of fused-ring (bicyclic) bond motifs is 3. The van der Waals surface area contributed by atoms with Crippen molar-refractivity contribution in [3.63, 3.8) is 0 Å². The van der Waals surface area contributed by atoms with Crippen LogP contribution in [0.4, 0.5) is 4.79 Å². The molecule has 10 atom stereocenters. The van der Waals surface area contributed by atoms with Crippen LogP contribution < -0.4 is 27.8 Å². The van der Waals surface area contributed by atoms with Gasteiger partial charge in [0.25, 0.3) is 0 Å². The van der Waals surface area contributed by atoms with Gasteiger partial charge in [0, 0.05) is 90.3 Å². The summed E-state index contributed by atoms with van der Waals surface area (Å²) in [5, 5.41) is 6.10. The highest BCUT2D eigenvalue weighted by Crippen LogP contribution is 2.68. The maximum absolute atomic E-state index is 13.8. The summed E-state index contributed by atoms with van der Waals surface area (Å²) in [6, 6.07) is 0.705. The molecule has 79 heavy (non-hydrogen) atoms. The largest absolute Gasteiger partial charge is 0.500 e. The van der Waals surface area contributed by atoms with Crippen LogP contribution in [0.5, 0.6) is 0 Å². The van der Waals surface area contributed by atoms with Crippen LogP contribution in [0.1, 0.15) is 184 Å². The van der Waals surface area contributed by atoms with Gasteiger partial charge in [-0.2, -0.15) is 0 Å². The van der Waals surface area contributed by atoms with Gasteiger partial charge in [-0.25, -0.2) is 4.79 Å². The Morgan fingerprint density at radius 3 is 1.84 bits per heavy atom. The lowest BCUT2D eigenvalue weighted by molar-refractivity contribution is -0.218. The molecule has 0 bridgehead atoms. The van der Waals surface area contributed by atoms with E-state index in [9.17, 15) is 9.59 Å². The number of nitrogens with one attached hydrogen (secondary N) is 2. The molecule has 18 heteroatoms. The Bertz CT molecular complexity index is 1530.